The van der Waals surface area contributed by atoms with Gasteiger partial charge in [-0.2, -0.15) is 0 Å². The van der Waals surface area contributed by atoms with Gasteiger partial charge in [-0.3, -0.25) is 4.90 Å². The molecule has 120 valence electrons. The second kappa shape index (κ2) is 6.13. The number of nitrogens with zero attached hydrogens (tertiary/aromatic N) is 4. The molecule has 0 bridgehead atoms. The van der Waals surface area contributed by atoms with Gasteiger partial charge in [0.25, 0.3) is 0 Å². The SMILES string of the molecule is CN1CCN(CCNc2nc(C3CC3)nc3c2CCC3)CC1. The number of piperazine rings is 1. The number of anilines is 1. The van der Waals surface area contributed by atoms with Gasteiger partial charge < -0.3 is 10.2 Å². The molecule has 0 atom stereocenters. The van der Waals surface area contributed by atoms with E-state index in [1.54, 1.807) is 0 Å². The zero-order valence-corrected chi connectivity index (χ0v) is 13.6. The van der Waals surface area contributed by atoms with Crippen molar-refractivity contribution in [1.82, 2.24) is 19.8 Å². The van der Waals surface area contributed by atoms with Crippen LogP contribution in [0.2, 0.25) is 0 Å². The molecule has 2 fully saturated rings. The van der Waals surface area contributed by atoms with Crippen molar-refractivity contribution in [2.75, 3.05) is 51.6 Å². The highest BCUT2D eigenvalue weighted by molar-refractivity contribution is 5.49. The number of nitrogens with one attached hydrogen (secondary N) is 1. The molecule has 2 aliphatic carbocycles. The van der Waals surface area contributed by atoms with Gasteiger partial charge in [0.2, 0.25) is 0 Å². The van der Waals surface area contributed by atoms with Crippen molar-refractivity contribution < 1.29 is 0 Å². The van der Waals surface area contributed by atoms with Crippen LogP contribution in [0.5, 0.6) is 0 Å². The Kier molecular flexibility index (Phi) is 4.01. The van der Waals surface area contributed by atoms with E-state index in [1.807, 2.05) is 0 Å². The van der Waals surface area contributed by atoms with E-state index in [-0.39, 0.29) is 0 Å². The van der Waals surface area contributed by atoms with Crippen LogP contribution in [-0.4, -0.2) is 66.1 Å². The topological polar surface area (TPSA) is 44.3 Å². The van der Waals surface area contributed by atoms with Crippen molar-refractivity contribution in [2.45, 2.75) is 38.0 Å². The minimum atomic E-state index is 0.643. The molecule has 1 aliphatic heterocycles. The quantitative estimate of drug-likeness (QED) is 0.893. The van der Waals surface area contributed by atoms with Gasteiger partial charge in [-0.25, -0.2) is 9.97 Å². The van der Waals surface area contributed by atoms with Gasteiger partial charge in [-0.15, -0.1) is 0 Å². The first-order valence-electron chi connectivity index (χ1n) is 8.84. The zero-order valence-electron chi connectivity index (χ0n) is 13.6. The lowest BCUT2D eigenvalue weighted by Gasteiger charge is -2.32. The summed E-state index contributed by atoms with van der Waals surface area (Å²) in [6, 6.07) is 0. The largest absolute Gasteiger partial charge is 0.368 e. The summed E-state index contributed by atoms with van der Waals surface area (Å²) in [6.07, 6.45) is 6.09. The van der Waals surface area contributed by atoms with Gasteiger partial charge >= 0.3 is 0 Å². The van der Waals surface area contributed by atoms with Crippen LogP contribution >= 0.6 is 0 Å². The second-order valence-corrected chi connectivity index (χ2v) is 7.06. The van der Waals surface area contributed by atoms with E-state index in [1.165, 1.54) is 56.7 Å². The summed E-state index contributed by atoms with van der Waals surface area (Å²) >= 11 is 0. The molecule has 0 radical (unpaired) electrons. The van der Waals surface area contributed by atoms with Crippen molar-refractivity contribution in [3.8, 4) is 0 Å². The molecule has 0 unspecified atom stereocenters. The van der Waals surface area contributed by atoms with Gasteiger partial charge in [-0.1, -0.05) is 0 Å². The van der Waals surface area contributed by atoms with Gasteiger partial charge in [-0.05, 0) is 39.2 Å². The number of aryl methyl sites for hydroxylation is 1. The van der Waals surface area contributed by atoms with Crippen molar-refractivity contribution in [3.05, 3.63) is 17.1 Å². The molecule has 2 heterocycles. The molecule has 0 aromatic carbocycles. The fraction of sp³-hybridized carbons (Fsp3) is 0.765. The van der Waals surface area contributed by atoms with Gasteiger partial charge in [0.05, 0.1) is 0 Å². The lowest BCUT2D eigenvalue weighted by molar-refractivity contribution is 0.158. The standard InChI is InChI=1S/C17H27N5/c1-21-9-11-22(12-10-21)8-7-18-17-14-3-2-4-15(14)19-16(20-17)13-5-6-13/h13H,2-12H2,1H3,(H,18,19,20). The molecule has 1 N–H and O–H groups in total. The lowest BCUT2D eigenvalue weighted by Crippen LogP contribution is -2.45. The first-order chi connectivity index (χ1) is 10.8. The first-order valence-corrected chi connectivity index (χ1v) is 8.84. The third kappa shape index (κ3) is 3.10. The summed E-state index contributed by atoms with van der Waals surface area (Å²) < 4.78 is 0. The Hall–Kier alpha value is -1.20. The summed E-state index contributed by atoms with van der Waals surface area (Å²) in [5, 5.41) is 3.62. The first kappa shape index (κ1) is 14.4. The Bertz CT molecular complexity index is 532. The number of aromatic nitrogens is 2. The predicted molar refractivity (Wildman–Crippen MR) is 88.5 cm³/mol. The zero-order chi connectivity index (χ0) is 14.9. The minimum Gasteiger partial charge on any atom is -0.368 e. The Morgan fingerprint density at radius 2 is 1.91 bits per heavy atom. The number of fused-ring (bicyclic) bond motifs is 1. The third-order valence-corrected chi connectivity index (χ3v) is 5.21. The summed E-state index contributed by atoms with van der Waals surface area (Å²) in [4.78, 5) is 14.6. The number of hydrogen-bond donors (Lipinski definition) is 1. The van der Waals surface area contributed by atoms with E-state index in [4.69, 9.17) is 9.97 Å². The fourth-order valence-electron chi connectivity index (χ4n) is 3.53. The van der Waals surface area contributed by atoms with Gasteiger partial charge in [0.1, 0.15) is 11.6 Å². The normalized spacial score (nSPS) is 22.8. The Labute approximate surface area is 133 Å². The highest BCUT2D eigenvalue weighted by atomic mass is 15.2. The Morgan fingerprint density at radius 3 is 2.68 bits per heavy atom. The molecule has 5 nitrogen and oxygen atoms in total. The number of rotatable bonds is 5. The molecule has 1 aromatic rings. The van der Waals surface area contributed by atoms with Crippen LogP contribution in [0.1, 0.15) is 42.3 Å². The third-order valence-electron chi connectivity index (χ3n) is 5.21. The van der Waals surface area contributed by atoms with Crippen molar-refractivity contribution >= 4 is 5.82 Å². The van der Waals surface area contributed by atoms with Crippen LogP contribution in [0.15, 0.2) is 0 Å². The second-order valence-electron chi connectivity index (χ2n) is 7.06. The van der Waals surface area contributed by atoms with E-state index >= 15 is 0 Å². The summed E-state index contributed by atoms with van der Waals surface area (Å²) in [7, 11) is 2.21. The Morgan fingerprint density at radius 1 is 1.09 bits per heavy atom. The molecule has 4 rings (SSSR count). The number of hydrogen-bond acceptors (Lipinski definition) is 5. The highest BCUT2D eigenvalue weighted by Gasteiger charge is 2.29. The summed E-state index contributed by atoms with van der Waals surface area (Å²) in [5.41, 5.74) is 2.71. The minimum absolute atomic E-state index is 0.643. The molecular formula is C17H27N5. The molecule has 22 heavy (non-hydrogen) atoms. The molecule has 1 aromatic heterocycles. The van der Waals surface area contributed by atoms with Crippen molar-refractivity contribution in [2.24, 2.45) is 0 Å². The van der Waals surface area contributed by atoms with Crippen molar-refractivity contribution in [3.63, 3.8) is 0 Å². The Balaban J connectivity index is 1.38. The van der Waals surface area contributed by atoms with Gasteiger partial charge in [0.15, 0.2) is 0 Å². The molecule has 1 saturated heterocycles. The van der Waals surface area contributed by atoms with Crippen molar-refractivity contribution in [1.29, 1.82) is 0 Å². The lowest BCUT2D eigenvalue weighted by atomic mass is 10.2. The molecule has 1 saturated carbocycles. The molecule has 0 amide bonds. The van der Waals surface area contributed by atoms with Crippen LogP contribution in [-0.2, 0) is 12.8 Å². The summed E-state index contributed by atoms with van der Waals surface area (Å²) in [5.74, 6) is 2.88. The predicted octanol–water partition coefficient (Wildman–Crippen LogP) is 1.50. The van der Waals surface area contributed by atoms with Gasteiger partial charge in [0, 0.05) is 56.4 Å². The van der Waals surface area contributed by atoms with Crippen LogP contribution < -0.4 is 5.32 Å². The smallest absolute Gasteiger partial charge is 0.134 e. The molecule has 3 aliphatic rings. The van der Waals surface area contributed by atoms with E-state index < -0.39 is 0 Å². The van der Waals surface area contributed by atoms with E-state index in [9.17, 15) is 0 Å². The highest BCUT2D eigenvalue weighted by Crippen LogP contribution is 2.40. The van der Waals surface area contributed by atoms with E-state index in [0.29, 0.717) is 5.92 Å². The maximum Gasteiger partial charge on any atom is 0.134 e. The van der Waals surface area contributed by atoms with E-state index in [2.05, 4.69) is 22.2 Å². The molecule has 0 spiro atoms. The monoisotopic (exact) mass is 301 g/mol. The summed E-state index contributed by atoms with van der Waals surface area (Å²) in [6.45, 7) is 6.87. The van der Waals surface area contributed by atoms with Crippen LogP contribution in [0.25, 0.3) is 0 Å². The van der Waals surface area contributed by atoms with Crippen LogP contribution in [0, 0.1) is 0 Å². The van der Waals surface area contributed by atoms with E-state index in [0.717, 1.165) is 37.6 Å². The average Bonchev–Trinajstić information content (AvgIpc) is 3.27. The van der Waals surface area contributed by atoms with Crippen LogP contribution in [0.4, 0.5) is 5.82 Å². The average molecular weight is 301 g/mol. The van der Waals surface area contributed by atoms with Crippen LogP contribution in [0.3, 0.4) is 0 Å². The molecule has 5 heteroatoms. The number of likely N-dealkylation sites (N-methyl/N-ethyl adjacent to an activating group) is 1. The molecular weight excluding hydrogens is 274 g/mol. The fourth-order valence-corrected chi connectivity index (χ4v) is 3.53. The maximum absolute atomic E-state index is 4.85. The maximum atomic E-state index is 4.85.